The predicted octanol–water partition coefficient (Wildman–Crippen LogP) is 13.5. The number of nitrogens with zero attached hydrogens (tertiary/aromatic N) is 1. The minimum atomic E-state index is -0.891. The average Bonchev–Trinajstić information content (AvgIpc) is 3.22. The Kier molecular flexibility index (Phi) is 40.3. The van der Waals surface area contributed by atoms with Crippen molar-refractivity contribution in [3.63, 3.8) is 0 Å². The summed E-state index contributed by atoms with van der Waals surface area (Å²) in [7, 11) is 5.49. The second-order valence-electron chi connectivity index (χ2n) is 16.6. The second-order valence-corrected chi connectivity index (χ2v) is 16.6. The maximum atomic E-state index is 12.7. The molecule has 0 spiro atoms. The highest BCUT2D eigenvalue weighted by molar-refractivity contribution is 5.72. The van der Waals surface area contributed by atoms with Gasteiger partial charge in [-0.3, -0.25) is 9.59 Å². The molecule has 0 aromatic carbocycles. The fourth-order valence-corrected chi connectivity index (χ4v) is 6.32. The first kappa shape index (κ1) is 57.2. The lowest BCUT2D eigenvalue weighted by atomic mass is 10.1. The molecule has 346 valence electrons. The maximum absolute atomic E-state index is 12.7. The van der Waals surface area contributed by atoms with Crippen molar-refractivity contribution in [1.29, 1.82) is 0 Å². The van der Waals surface area contributed by atoms with E-state index in [2.05, 4.69) is 98.9 Å². The monoisotopic (exact) mass is 851 g/mol. The summed E-state index contributed by atoms with van der Waals surface area (Å²) < 4.78 is 17.2. The number of unbranched alkanes of at least 4 members (excludes halogenated alkanes) is 11. The van der Waals surface area contributed by atoms with Crippen LogP contribution >= 0.6 is 0 Å². The van der Waals surface area contributed by atoms with E-state index in [0.29, 0.717) is 19.3 Å². The standard InChI is InChI=1S/C53H87NO7/c1-6-8-10-12-14-16-18-20-22-24-26-28-30-32-34-36-38-40-42-44-52(56)61-49(47-59-46-45-50(53(57)58)54(3,4)5)48-60-51(55)43-41-39-37-35-33-31-29-27-25-23-21-19-17-15-13-11-9-7-2/h8,10,14,16-17,19-20,22-23,25-26,28,32,34,38,40,49-50H,6-7,9,11-13,15,18,21,24,27,29-31,33,35-37,39,41-48H2,1-5H3/p+1/b10-8-,16-14-,19-17-,22-20-,25-23-,28-26-,34-32-,40-38-. The maximum Gasteiger partial charge on any atom is 0.362 e. The largest absolute Gasteiger partial charge is 0.477 e. The number of quaternary nitrogens is 1. The van der Waals surface area contributed by atoms with Gasteiger partial charge in [-0.1, -0.05) is 162 Å². The van der Waals surface area contributed by atoms with E-state index in [-0.39, 0.29) is 36.7 Å². The number of carboxylic acid groups (broad SMARTS) is 1. The third-order valence-corrected chi connectivity index (χ3v) is 9.98. The predicted molar refractivity (Wildman–Crippen MR) is 256 cm³/mol. The van der Waals surface area contributed by atoms with Gasteiger partial charge < -0.3 is 23.8 Å². The zero-order chi connectivity index (χ0) is 44.9. The van der Waals surface area contributed by atoms with E-state index in [9.17, 15) is 19.5 Å². The van der Waals surface area contributed by atoms with Gasteiger partial charge in [-0.25, -0.2) is 4.79 Å². The molecule has 0 saturated carbocycles. The van der Waals surface area contributed by atoms with Crippen LogP contribution in [0.15, 0.2) is 97.2 Å². The molecule has 0 aliphatic carbocycles. The third kappa shape index (κ3) is 41.4. The molecule has 2 atom stereocenters. The van der Waals surface area contributed by atoms with Crippen molar-refractivity contribution in [3.8, 4) is 0 Å². The Morgan fingerprint density at radius 3 is 1.43 bits per heavy atom. The normalized spacial score (nSPS) is 13.8. The molecule has 0 radical (unpaired) electrons. The lowest BCUT2D eigenvalue weighted by molar-refractivity contribution is -0.887. The Bertz CT molecular complexity index is 1310. The minimum Gasteiger partial charge on any atom is -0.477 e. The molecule has 0 rings (SSSR count). The molecule has 0 aliphatic heterocycles. The highest BCUT2D eigenvalue weighted by atomic mass is 16.6. The summed E-state index contributed by atoms with van der Waals surface area (Å²) in [5, 5.41) is 9.63. The Morgan fingerprint density at radius 1 is 0.508 bits per heavy atom. The van der Waals surface area contributed by atoms with Gasteiger partial charge in [0.2, 0.25) is 0 Å². The number of carbonyl (C=O) groups is 3. The van der Waals surface area contributed by atoms with E-state index in [1.165, 1.54) is 57.8 Å². The Balaban J connectivity index is 4.46. The van der Waals surface area contributed by atoms with Crippen molar-refractivity contribution >= 4 is 17.9 Å². The molecule has 61 heavy (non-hydrogen) atoms. The summed E-state index contributed by atoms with van der Waals surface area (Å²) in [4.78, 5) is 37.0. The molecule has 0 heterocycles. The molecule has 1 N–H and O–H groups in total. The molecule has 0 fully saturated rings. The van der Waals surface area contributed by atoms with Gasteiger partial charge in [0.25, 0.3) is 0 Å². The Hall–Kier alpha value is -3.75. The SMILES string of the molecule is CC/C=C\C/C=C\C/C=C\C/C=C\C/C=C\C/C=C\CCC(=O)OC(COCCC(C(=O)O)[N+](C)(C)C)COC(=O)CCCCCCCCC/C=C\C/C=C\CCCCCC. The van der Waals surface area contributed by atoms with Crippen molar-refractivity contribution in [1.82, 2.24) is 0 Å². The first-order valence-electron chi connectivity index (χ1n) is 23.8. The number of hydrogen-bond donors (Lipinski definition) is 1. The number of allylic oxidation sites excluding steroid dienone is 16. The molecule has 8 heteroatoms. The van der Waals surface area contributed by atoms with Gasteiger partial charge in [-0.15, -0.1) is 0 Å². The van der Waals surface area contributed by atoms with Crippen LogP contribution in [0.5, 0.6) is 0 Å². The van der Waals surface area contributed by atoms with Gasteiger partial charge in [0.1, 0.15) is 6.61 Å². The lowest BCUT2D eigenvalue weighted by Crippen LogP contribution is -2.50. The van der Waals surface area contributed by atoms with Crippen LogP contribution in [-0.4, -0.2) is 80.6 Å². The van der Waals surface area contributed by atoms with E-state index in [1.54, 1.807) is 0 Å². The molecule has 0 bridgehead atoms. The zero-order valence-electron chi connectivity index (χ0n) is 39.3. The Labute approximate surface area is 373 Å². The highest BCUT2D eigenvalue weighted by Crippen LogP contribution is 2.13. The molecular weight excluding hydrogens is 763 g/mol. The molecule has 0 saturated heterocycles. The summed E-state index contributed by atoms with van der Waals surface area (Å²) >= 11 is 0. The van der Waals surface area contributed by atoms with Crippen LogP contribution in [0.1, 0.15) is 168 Å². The van der Waals surface area contributed by atoms with Crippen LogP contribution in [0.25, 0.3) is 0 Å². The summed E-state index contributed by atoms with van der Waals surface area (Å²) in [6.45, 7) is 4.50. The van der Waals surface area contributed by atoms with Crippen molar-refractivity contribution in [2.24, 2.45) is 0 Å². The number of rotatable bonds is 41. The van der Waals surface area contributed by atoms with Gasteiger partial charge in [0.15, 0.2) is 12.1 Å². The molecule has 0 aromatic heterocycles. The molecular formula is C53H88NO7+. The second kappa shape index (κ2) is 42.9. The van der Waals surface area contributed by atoms with Crippen LogP contribution in [0.2, 0.25) is 0 Å². The number of esters is 2. The summed E-state index contributed by atoms with van der Waals surface area (Å²) in [6, 6.07) is -0.635. The van der Waals surface area contributed by atoms with Gasteiger partial charge in [-0.2, -0.15) is 0 Å². The number of hydrogen-bond acceptors (Lipinski definition) is 6. The zero-order valence-corrected chi connectivity index (χ0v) is 39.3. The van der Waals surface area contributed by atoms with Crippen molar-refractivity contribution in [3.05, 3.63) is 97.2 Å². The average molecular weight is 851 g/mol. The summed E-state index contributed by atoms with van der Waals surface area (Å²) in [6.07, 6.45) is 57.5. The molecule has 0 amide bonds. The van der Waals surface area contributed by atoms with Crippen LogP contribution < -0.4 is 0 Å². The summed E-state index contributed by atoms with van der Waals surface area (Å²) in [5.41, 5.74) is 0. The first-order chi connectivity index (χ1) is 29.6. The van der Waals surface area contributed by atoms with Crippen LogP contribution in [0, 0.1) is 0 Å². The van der Waals surface area contributed by atoms with Crippen LogP contribution in [-0.2, 0) is 28.6 Å². The Morgan fingerprint density at radius 2 is 0.951 bits per heavy atom. The molecule has 8 nitrogen and oxygen atoms in total. The van der Waals surface area contributed by atoms with Gasteiger partial charge in [0.05, 0.1) is 34.4 Å². The van der Waals surface area contributed by atoms with Crippen molar-refractivity contribution in [2.75, 3.05) is 41.0 Å². The number of aliphatic carboxylic acids is 1. The van der Waals surface area contributed by atoms with Crippen LogP contribution in [0.4, 0.5) is 0 Å². The molecule has 0 aromatic rings. The smallest absolute Gasteiger partial charge is 0.362 e. The fourth-order valence-electron chi connectivity index (χ4n) is 6.32. The lowest BCUT2D eigenvalue weighted by Gasteiger charge is -2.31. The first-order valence-corrected chi connectivity index (χ1v) is 23.8. The third-order valence-electron chi connectivity index (χ3n) is 9.98. The van der Waals surface area contributed by atoms with E-state index < -0.39 is 24.1 Å². The minimum absolute atomic E-state index is 0.0223. The number of ether oxygens (including phenoxy) is 3. The highest BCUT2D eigenvalue weighted by Gasteiger charge is 2.31. The van der Waals surface area contributed by atoms with E-state index in [1.807, 2.05) is 33.3 Å². The van der Waals surface area contributed by atoms with Gasteiger partial charge in [-0.05, 0) is 83.5 Å². The molecule has 2 unspecified atom stereocenters. The number of likely N-dealkylation sites (N-methyl/N-ethyl adjacent to an activating group) is 1. The van der Waals surface area contributed by atoms with Crippen molar-refractivity contribution < 1.29 is 38.2 Å². The number of carbonyl (C=O) groups excluding carboxylic acids is 2. The van der Waals surface area contributed by atoms with Gasteiger partial charge >= 0.3 is 17.9 Å². The van der Waals surface area contributed by atoms with E-state index >= 15 is 0 Å². The topological polar surface area (TPSA) is 99.1 Å². The van der Waals surface area contributed by atoms with Crippen LogP contribution in [0.3, 0.4) is 0 Å². The quantitative estimate of drug-likeness (QED) is 0.0283. The van der Waals surface area contributed by atoms with Crippen molar-refractivity contribution in [2.45, 2.75) is 180 Å². The fraction of sp³-hybridized carbons (Fsp3) is 0.642. The summed E-state index contributed by atoms with van der Waals surface area (Å²) in [5.74, 6) is -1.60. The van der Waals surface area contributed by atoms with Gasteiger partial charge in [0, 0.05) is 19.3 Å². The van der Waals surface area contributed by atoms with E-state index in [0.717, 1.165) is 70.6 Å². The molecule has 0 aliphatic rings. The number of carboxylic acids is 1. The van der Waals surface area contributed by atoms with E-state index in [4.69, 9.17) is 14.2 Å².